The van der Waals surface area contributed by atoms with Crippen LogP contribution in [0.25, 0.3) is 0 Å². The number of carbonyl (C=O) groups is 2. The Hall–Kier alpha value is -2.68. The quantitative estimate of drug-likeness (QED) is 0.620. The topological polar surface area (TPSA) is 113 Å². The zero-order valence-electron chi connectivity index (χ0n) is 14.7. The number of amides is 1. The molecule has 1 N–H and O–H groups in total. The molecule has 0 aliphatic carbocycles. The SMILES string of the molecule is O=C(O)[C@@H]1[C@H](C(=O)N2CCN(c3ccc([N+](=O)[O-])cc3)CC2)[C@H]2CC[C@H]1O2. The van der Waals surface area contributed by atoms with E-state index in [1.165, 1.54) is 12.1 Å². The van der Waals surface area contributed by atoms with Crippen LogP contribution in [0.5, 0.6) is 0 Å². The summed E-state index contributed by atoms with van der Waals surface area (Å²) in [6.07, 6.45) is 0.826. The van der Waals surface area contributed by atoms with E-state index in [9.17, 15) is 24.8 Å². The molecule has 0 spiro atoms. The lowest BCUT2D eigenvalue weighted by Gasteiger charge is -2.38. The van der Waals surface area contributed by atoms with Crippen LogP contribution in [0, 0.1) is 22.0 Å². The van der Waals surface area contributed by atoms with Gasteiger partial charge >= 0.3 is 5.97 Å². The molecule has 3 saturated heterocycles. The van der Waals surface area contributed by atoms with Crippen LogP contribution in [0.1, 0.15) is 12.8 Å². The summed E-state index contributed by atoms with van der Waals surface area (Å²) in [5.74, 6) is -2.42. The van der Waals surface area contributed by atoms with Crippen LogP contribution in [0.15, 0.2) is 24.3 Å². The zero-order chi connectivity index (χ0) is 19.1. The number of carboxylic acids is 1. The van der Waals surface area contributed by atoms with Crippen LogP contribution in [-0.4, -0.2) is 65.2 Å². The minimum atomic E-state index is -0.954. The number of rotatable bonds is 4. The number of non-ortho nitro benzene ring substituents is 1. The fourth-order valence-electron chi connectivity index (χ4n) is 4.49. The van der Waals surface area contributed by atoms with Crippen molar-refractivity contribution in [2.45, 2.75) is 25.0 Å². The van der Waals surface area contributed by atoms with Crippen molar-refractivity contribution in [3.05, 3.63) is 34.4 Å². The molecule has 144 valence electrons. The molecule has 0 aromatic heterocycles. The first kappa shape index (κ1) is 17.7. The smallest absolute Gasteiger partial charge is 0.310 e. The molecule has 4 rings (SSSR count). The van der Waals surface area contributed by atoms with Crippen molar-refractivity contribution in [1.82, 2.24) is 4.90 Å². The standard InChI is InChI=1S/C18H21N3O6/c22-17(15-13-5-6-14(27-13)16(15)18(23)24)20-9-7-19(8-10-20)11-1-3-12(4-2-11)21(25)26/h1-4,13-16H,5-10H2,(H,23,24)/t13-,14-,15-,16+/m1/s1. The highest BCUT2D eigenvalue weighted by Gasteiger charge is 2.56. The number of fused-ring (bicyclic) bond motifs is 2. The predicted octanol–water partition coefficient (Wildman–Crippen LogP) is 1.12. The van der Waals surface area contributed by atoms with Crippen LogP contribution in [0.3, 0.4) is 0 Å². The Kier molecular flexibility index (Phi) is 4.47. The lowest BCUT2D eigenvalue weighted by molar-refractivity contribution is -0.384. The first-order valence-corrected chi connectivity index (χ1v) is 9.12. The molecule has 1 aromatic carbocycles. The molecular weight excluding hydrogens is 354 g/mol. The number of piperazine rings is 1. The molecule has 2 bridgehead atoms. The number of hydrogen-bond acceptors (Lipinski definition) is 6. The first-order chi connectivity index (χ1) is 13.0. The summed E-state index contributed by atoms with van der Waals surface area (Å²) in [7, 11) is 0. The molecule has 1 aromatic rings. The third kappa shape index (κ3) is 3.12. The predicted molar refractivity (Wildman–Crippen MR) is 94.4 cm³/mol. The van der Waals surface area contributed by atoms with Gasteiger partial charge in [0.2, 0.25) is 5.91 Å². The van der Waals surface area contributed by atoms with Gasteiger partial charge in [0.25, 0.3) is 5.69 Å². The summed E-state index contributed by atoms with van der Waals surface area (Å²) in [5, 5.41) is 20.3. The highest BCUT2D eigenvalue weighted by atomic mass is 16.6. The Labute approximate surface area is 155 Å². The Morgan fingerprint density at radius 2 is 1.63 bits per heavy atom. The van der Waals surface area contributed by atoms with Gasteiger partial charge in [0.15, 0.2) is 0 Å². The number of aliphatic carboxylic acids is 1. The maximum Gasteiger partial charge on any atom is 0.310 e. The number of nitro benzene ring substituents is 1. The van der Waals surface area contributed by atoms with Crippen molar-refractivity contribution in [3.63, 3.8) is 0 Å². The largest absolute Gasteiger partial charge is 0.481 e. The van der Waals surface area contributed by atoms with Gasteiger partial charge < -0.3 is 19.6 Å². The third-order valence-corrected chi connectivity index (χ3v) is 5.86. The van der Waals surface area contributed by atoms with Crippen molar-refractivity contribution in [2.75, 3.05) is 31.1 Å². The average Bonchev–Trinajstić information content (AvgIpc) is 3.29. The van der Waals surface area contributed by atoms with Crippen molar-refractivity contribution >= 4 is 23.3 Å². The van der Waals surface area contributed by atoms with Crippen LogP contribution in [0.2, 0.25) is 0 Å². The van der Waals surface area contributed by atoms with E-state index in [4.69, 9.17) is 4.74 Å². The number of hydrogen-bond donors (Lipinski definition) is 1. The summed E-state index contributed by atoms with van der Waals surface area (Å²) in [6.45, 7) is 2.19. The summed E-state index contributed by atoms with van der Waals surface area (Å²) >= 11 is 0. The Balaban J connectivity index is 1.39. The monoisotopic (exact) mass is 375 g/mol. The minimum absolute atomic E-state index is 0.0450. The fourth-order valence-corrected chi connectivity index (χ4v) is 4.49. The Morgan fingerprint density at radius 1 is 1.04 bits per heavy atom. The van der Waals surface area contributed by atoms with Gasteiger partial charge in [-0.2, -0.15) is 0 Å². The molecule has 4 atom stereocenters. The maximum absolute atomic E-state index is 13.0. The van der Waals surface area contributed by atoms with E-state index in [-0.39, 0.29) is 23.8 Å². The lowest BCUT2D eigenvalue weighted by Crippen LogP contribution is -2.53. The normalized spacial score (nSPS) is 29.8. The van der Waals surface area contributed by atoms with Crippen LogP contribution < -0.4 is 4.90 Å². The van der Waals surface area contributed by atoms with Crippen molar-refractivity contribution in [1.29, 1.82) is 0 Å². The minimum Gasteiger partial charge on any atom is -0.481 e. The number of carboxylic acid groups (broad SMARTS) is 1. The van der Waals surface area contributed by atoms with E-state index in [0.717, 1.165) is 12.1 Å². The molecule has 3 heterocycles. The Bertz CT molecular complexity index is 759. The van der Waals surface area contributed by atoms with Gasteiger partial charge in [-0.05, 0) is 25.0 Å². The second-order valence-corrected chi connectivity index (χ2v) is 7.27. The molecule has 3 aliphatic heterocycles. The maximum atomic E-state index is 13.0. The summed E-state index contributed by atoms with van der Waals surface area (Å²) < 4.78 is 5.70. The highest BCUT2D eigenvalue weighted by molar-refractivity contribution is 5.86. The molecular formula is C18H21N3O6. The number of nitro groups is 1. The van der Waals surface area contributed by atoms with Crippen molar-refractivity contribution in [3.8, 4) is 0 Å². The van der Waals surface area contributed by atoms with E-state index in [2.05, 4.69) is 4.90 Å². The second kappa shape index (κ2) is 6.80. The average molecular weight is 375 g/mol. The summed E-state index contributed by atoms with van der Waals surface area (Å²) in [5.41, 5.74) is 0.919. The van der Waals surface area contributed by atoms with E-state index in [0.29, 0.717) is 32.6 Å². The third-order valence-electron chi connectivity index (χ3n) is 5.86. The lowest BCUT2D eigenvalue weighted by atomic mass is 9.78. The molecule has 0 unspecified atom stereocenters. The molecule has 0 radical (unpaired) electrons. The van der Waals surface area contributed by atoms with Gasteiger partial charge in [-0.3, -0.25) is 19.7 Å². The second-order valence-electron chi connectivity index (χ2n) is 7.27. The molecule has 1 amide bonds. The van der Waals surface area contributed by atoms with E-state index >= 15 is 0 Å². The molecule has 27 heavy (non-hydrogen) atoms. The fraction of sp³-hybridized carbons (Fsp3) is 0.556. The van der Waals surface area contributed by atoms with Gasteiger partial charge in [-0.15, -0.1) is 0 Å². The first-order valence-electron chi connectivity index (χ1n) is 9.12. The Morgan fingerprint density at radius 3 is 2.19 bits per heavy atom. The van der Waals surface area contributed by atoms with Crippen LogP contribution in [-0.2, 0) is 14.3 Å². The molecule has 9 heteroatoms. The molecule has 3 aliphatic rings. The number of benzene rings is 1. The summed E-state index contributed by atoms with van der Waals surface area (Å²) in [6, 6.07) is 6.35. The molecule has 3 fully saturated rings. The number of carbonyl (C=O) groups excluding carboxylic acids is 1. The van der Waals surface area contributed by atoms with Gasteiger partial charge in [0, 0.05) is 44.0 Å². The molecule has 0 saturated carbocycles. The van der Waals surface area contributed by atoms with Gasteiger partial charge in [-0.25, -0.2) is 0 Å². The van der Waals surface area contributed by atoms with Gasteiger partial charge in [-0.1, -0.05) is 0 Å². The van der Waals surface area contributed by atoms with E-state index in [1.807, 2.05) is 0 Å². The number of ether oxygens (including phenoxy) is 1. The summed E-state index contributed by atoms with van der Waals surface area (Å²) in [4.78, 5) is 38.7. The van der Waals surface area contributed by atoms with Crippen LogP contribution in [0.4, 0.5) is 11.4 Å². The van der Waals surface area contributed by atoms with Crippen molar-refractivity contribution < 1.29 is 24.4 Å². The van der Waals surface area contributed by atoms with E-state index < -0.39 is 22.7 Å². The van der Waals surface area contributed by atoms with Gasteiger partial charge in [0.05, 0.1) is 29.0 Å². The van der Waals surface area contributed by atoms with E-state index in [1.54, 1.807) is 17.0 Å². The van der Waals surface area contributed by atoms with Crippen molar-refractivity contribution in [2.24, 2.45) is 11.8 Å². The highest BCUT2D eigenvalue weighted by Crippen LogP contribution is 2.44. The molecule has 9 nitrogen and oxygen atoms in total. The van der Waals surface area contributed by atoms with Gasteiger partial charge in [0.1, 0.15) is 0 Å². The number of nitrogens with zero attached hydrogens (tertiary/aromatic N) is 3. The van der Waals surface area contributed by atoms with Crippen LogP contribution >= 0.6 is 0 Å². The number of anilines is 1. The zero-order valence-corrected chi connectivity index (χ0v) is 14.7.